The molecule has 3 N–H and O–H groups in total. The fourth-order valence-corrected chi connectivity index (χ4v) is 3.85. The lowest BCUT2D eigenvalue weighted by molar-refractivity contribution is -0.703. The monoisotopic (exact) mass is 412 g/mol. The Bertz CT molecular complexity index is 977. The summed E-state index contributed by atoms with van der Waals surface area (Å²) in [5.41, 5.74) is 1.42. The van der Waals surface area contributed by atoms with E-state index in [4.69, 9.17) is 4.74 Å². The highest BCUT2D eigenvalue weighted by Gasteiger charge is 2.26. The van der Waals surface area contributed by atoms with Crippen molar-refractivity contribution in [2.45, 2.75) is 19.0 Å². The number of benzene rings is 2. The predicted octanol–water partition coefficient (Wildman–Crippen LogP) is 3.34. The van der Waals surface area contributed by atoms with Crippen LogP contribution in [0.4, 0.5) is 11.4 Å². The number of ether oxygens (including phenoxy) is 1. The third-order valence-electron chi connectivity index (χ3n) is 4.56. The number of nitrogens with one attached hydrogen (secondary N) is 1. The van der Waals surface area contributed by atoms with Gasteiger partial charge in [-0.3, -0.25) is 14.9 Å². The molecule has 3 rings (SSSR count). The average molecular weight is 412 g/mol. The Labute approximate surface area is 172 Å². The lowest BCUT2D eigenvalue weighted by atomic mass is 10.0. The largest absolute Gasteiger partial charge is 0.494 e. The lowest BCUT2D eigenvalue weighted by Gasteiger charge is -2.20. The molecule has 0 aliphatic rings. The van der Waals surface area contributed by atoms with Gasteiger partial charge in [-0.1, -0.05) is 36.4 Å². The van der Waals surface area contributed by atoms with Crippen LogP contribution in [0.5, 0.6) is 5.75 Å². The Kier molecular flexibility index (Phi) is 6.58. The number of hydrogen-bond acceptors (Lipinski definition) is 5. The van der Waals surface area contributed by atoms with E-state index in [1.807, 2.05) is 54.0 Å². The Morgan fingerprint density at radius 2 is 1.93 bits per heavy atom. The van der Waals surface area contributed by atoms with Gasteiger partial charge >= 0.3 is 0 Å². The highest BCUT2D eigenvalue weighted by Crippen LogP contribution is 2.29. The van der Waals surface area contributed by atoms with Gasteiger partial charge in [0, 0.05) is 11.6 Å². The maximum absolute atomic E-state index is 12.8. The standard InChI is InChI=1S/C21H21N3O4S/c1-14(21(25)23-17-11-10-16(24(26)27)13-18(17)28-2)22-20(19-9-6-12-29-19)15-7-4-3-5-8-15/h3-14,20,22H,1-2H3,(H,23,25)/p+1/t14-,20-/m0/s1. The highest BCUT2D eigenvalue weighted by atomic mass is 32.1. The fourth-order valence-electron chi connectivity index (χ4n) is 3.02. The number of rotatable bonds is 8. The number of hydrogen-bond donors (Lipinski definition) is 2. The second kappa shape index (κ2) is 9.31. The van der Waals surface area contributed by atoms with Crippen molar-refractivity contribution in [3.05, 3.63) is 86.6 Å². The minimum absolute atomic E-state index is 0.00398. The van der Waals surface area contributed by atoms with Gasteiger partial charge in [0.25, 0.3) is 11.6 Å². The summed E-state index contributed by atoms with van der Waals surface area (Å²) in [6.07, 6.45) is 0. The molecule has 1 amide bonds. The molecule has 0 aliphatic heterocycles. The fraction of sp³-hybridized carbons (Fsp3) is 0.190. The zero-order chi connectivity index (χ0) is 20.8. The SMILES string of the molecule is COc1cc([N+](=O)[O-])ccc1NC(=O)[C@H](C)[NH2+][C@@H](c1ccccc1)c1cccs1. The van der Waals surface area contributed by atoms with Gasteiger partial charge in [-0.15, -0.1) is 11.3 Å². The molecule has 0 aliphatic carbocycles. The van der Waals surface area contributed by atoms with Crippen LogP contribution in [0, 0.1) is 10.1 Å². The number of nitrogens with two attached hydrogens (primary N) is 1. The van der Waals surface area contributed by atoms with Crippen LogP contribution in [0.15, 0.2) is 66.0 Å². The third kappa shape index (κ3) is 4.98. The lowest BCUT2D eigenvalue weighted by Crippen LogP contribution is -2.92. The van der Waals surface area contributed by atoms with E-state index in [-0.39, 0.29) is 23.4 Å². The molecule has 29 heavy (non-hydrogen) atoms. The van der Waals surface area contributed by atoms with Crippen LogP contribution in [-0.2, 0) is 4.79 Å². The van der Waals surface area contributed by atoms with Crippen LogP contribution < -0.4 is 15.4 Å². The minimum Gasteiger partial charge on any atom is -0.494 e. The molecule has 0 saturated carbocycles. The molecule has 2 atom stereocenters. The van der Waals surface area contributed by atoms with Gasteiger partial charge in [0.1, 0.15) is 11.8 Å². The summed E-state index contributed by atoms with van der Waals surface area (Å²) in [6, 6.07) is 17.8. The zero-order valence-corrected chi connectivity index (χ0v) is 16.9. The predicted molar refractivity (Wildman–Crippen MR) is 112 cm³/mol. The summed E-state index contributed by atoms with van der Waals surface area (Å²) in [7, 11) is 1.41. The number of nitrogens with zero attached hydrogens (tertiary/aromatic N) is 1. The van der Waals surface area contributed by atoms with E-state index in [0.29, 0.717) is 5.69 Å². The first-order chi connectivity index (χ1) is 14.0. The van der Waals surface area contributed by atoms with E-state index in [1.165, 1.54) is 25.3 Å². The van der Waals surface area contributed by atoms with Crippen molar-refractivity contribution in [3.63, 3.8) is 0 Å². The maximum atomic E-state index is 12.8. The second-order valence-electron chi connectivity index (χ2n) is 6.52. The summed E-state index contributed by atoms with van der Waals surface area (Å²) >= 11 is 1.65. The van der Waals surface area contributed by atoms with Crippen molar-refractivity contribution in [3.8, 4) is 5.75 Å². The van der Waals surface area contributed by atoms with Crippen molar-refractivity contribution >= 4 is 28.6 Å². The van der Waals surface area contributed by atoms with Crippen LogP contribution in [0.25, 0.3) is 0 Å². The molecule has 8 heteroatoms. The van der Waals surface area contributed by atoms with Gasteiger partial charge in [-0.25, -0.2) is 0 Å². The third-order valence-corrected chi connectivity index (χ3v) is 5.51. The van der Waals surface area contributed by atoms with Crippen LogP contribution in [0.1, 0.15) is 23.4 Å². The highest BCUT2D eigenvalue weighted by molar-refractivity contribution is 7.10. The van der Waals surface area contributed by atoms with Crippen LogP contribution >= 0.6 is 11.3 Å². The van der Waals surface area contributed by atoms with Gasteiger partial charge in [-0.05, 0) is 24.4 Å². The first-order valence-electron chi connectivity index (χ1n) is 9.06. The van der Waals surface area contributed by atoms with E-state index in [0.717, 1.165) is 10.4 Å². The molecule has 0 fully saturated rings. The van der Waals surface area contributed by atoms with E-state index in [1.54, 1.807) is 11.3 Å². The van der Waals surface area contributed by atoms with Crippen LogP contribution in [0.3, 0.4) is 0 Å². The molecular formula is C21H22N3O4S+. The Morgan fingerprint density at radius 1 is 1.17 bits per heavy atom. The Hall–Kier alpha value is -3.23. The molecule has 1 aromatic heterocycles. The number of quaternary nitrogens is 1. The quantitative estimate of drug-likeness (QED) is 0.438. The number of nitro groups is 1. The molecule has 0 radical (unpaired) electrons. The summed E-state index contributed by atoms with van der Waals surface area (Å²) in [6.45, 7) is 1.83. The molecule has 7 nitrogen and oxygen atoms in total. The van der Waals surface area contributed by atoms with Gasteiger partial charge < -0.3 is 15.4 Å². The number of carbonyl (C=O) groups is 1. The molecule has 150 valence electrons. The molecule has 2 aromatic carbocycles. The number of thiophene rings is 1. The van der Waals surface area contributed by atoms with E-state index in [9.17, 15) is 14.9 Å². The molecule has 0 unspecified atom stereocenters. The Balaban J connectivity index is 1.76. The van der Waals surface area contributed by atoms with Gasteiger partial charge in [-0.2, -0.15) is 0 Å². The maximum Gasteiger partial charge on any atom is 0.282 e. The molecular weight excluding hydrogens is 390 g/mol. The number of amides is 1. The molecule has 0 saturated heterocycles. The first-order valence-corrected chi connectivity index (χ1v) is 9.94. The summed E-state index contributed by atoms with van der Waals surface area (Å²) in [5.74, 6) is 0.0345. The van der Waals surface area contributed by atoms with Crippen molar-refractivity contribution in [2.24, 2.45) is 0 Å². The number of non-ortho nitro benzene ring substituents is 1. The average Bonchev–Trinajstić information content (AvgIpc) is 3.27. The molecule has 0 bridgehead atoms. The van der Waals surface area contributed by atoms with E-state index >= 15 is 0 Å². The number of methoxy groups -OCH3 is 1. The molecule has 3 aromatic rings. The van der Waals surface area contributed by atoms with Crippen molar-refractivity contribution in [1.29, 1.82) is 0 Å². The van der Waals surface area contributed by atoms with E-state index < -0.39 is 11.0 Å². The number of nitro benzene ring substituents is 1. The molecule has 0 spiro atoms. The van der Waals surface area contributed by atoms with E-state index in [2.05, 4.69) is 11.4 Å². The van der Waals surface area contributed by atoms with Gasteiger partial charge in [0.15, 0.2) is 6.04 Å². The Morgan fingerprint density at radius 3 is 2.55 bits per heavy atom. The second-order valence-corrected chi connectivity index (χ2v) is 7.50. The number of anilines is 1. The van der Waals surface area contributed by atoms with Gasteiger partial charge in [0.2, 0.25) is 0 Å². The molecule has 1 heterocycles. The number of carbonyl (C=O) groups excluding carboxylic acids is 1. The first kappa shape index (κ1) is 20.5. The summed E-state index contributed by atoms with van der Waals surface area (Å²) < 4.78 is 5.20. The minimum atomic E-state index is -0.504. The normalized spacial score (nSPS) is 12.8. The van der Waals surface area contributed by atoms with Crippen molar-refractivity contribution < 1.29 is 19.8 Å². The van der Waals surface area contributed by atoms with Crippen LogP contribution in [-0.4, -0.2) is 24.0 Å². The van der Waals surface area contributed by atoms with Crippen LogP contribution in [0.2, 0.25) is 0 Å². The van der Waals surface area contributed by atoms with Crippen molar-refractivity contribution in [2.75, 3.05) is 12.4 Å². The summed E-state index contributed by atoms with van der Waals surface area (Å²) in [4.78, 5) is 24.4. The topological polar surface area (TPSA) is 98.1 Å². The zero-order valence-electron chi connectivity index (χ0n) is 16.1. The summed E-state index contributed by atoms with van der Waals surface area (Å²) in [5, 5.41) is 17.8. The van der Waals surface area contributed by atoms with Crippen molar-refractivity contribution in [1.82, 2.24) is 0 Å². The smallest absolute Gasteiger partial charge is 0.282 e. The van der Waals surface area contributed by atoms with Gasteiger partial charge in [0.05, 0.1) is 28.7 Å².